The predicted molar refractivity (Wildman–Crippen MR) is 77.4 cm³/mol. The molecule has 0 aliphatic carbocycles. The zero-order valence-corrected chi connectivity index (χ0v) is 12.6. The van der Waals surface area contributed by atoms with Crippen molar-refractivity contribution in [3.8, 4) is 0 Å². The minimum Gasteiger partial charge on any atom is -0.317 e. The van der Waals surface area contributed by atoms with Gasteiger partial charge in [0.25, 0.3) is 0 Å². The smallest absolute Gasteiger partial charge is 0.212 e. The fraction of sp³-hybridized carbons (Fsp3) is 0.667. The Morgan fingerprint density at radius 3 is 2.78 bits per heavy atom. The van der Waals surface area contributed by atoms with Gasteiger partial charge in [-0.05, 0) is 44.3 Å². The SMILES string of the molecule is CCCNCCCS(=O)(=O)NC(C)c1cccs1. The molecule has 0 fully saturated rings. The lowest BCUT2D eigenvalue weighted by Crippen LogP contribution is -2.30. The van der Waals surface area contributed by atoms with Crippen LogP contribution in [0.25, 0.3) is 0 Å². The Kier molecular flexibility index (Phi) is 6.85. The molecule has 2 N–H and O–H groups in total. The van der Waals surface area contributed by atoms with Crippen LogP contribution >= 0.6 is 11.3 Å². The topological polar surface area (TPSA) is 58.2 Å². The van der Waals surface area contributed by atoms with Gasteiger partial charge in [-0.2, -0.15) is 0 Å². The third-order valence-electron chi connectivity index (χ3n) is 2.52. The van der Waals surface area contributed by atoms with Crippen LogP contribution in [0.2, 0.25) is 0 Å². The minimum absolute atomic E-state index is 0.140. The van der Waals surface area contributed by atoms with Crippen LogP contribution in [0, 0.1) is 0 Å². The summed E-state index contributed by atoms with van der Waals surface area (Å²) < 4.78 is 26.4. The van der Waals surface area contributed by atoms with Gasteiger partial charge in [-0.1, -0.05) is 13.0 Å². The first kappa shape index (κ1) is 15.6. The van der Waals surface area contributed by atoms with E-state index in [1.165, 1.54) is 0 Å². The first-order chi connectivity index (χ1) is 8.55. The fourth-order valence-electron chi connectivity index (χ4n) is 1.61. The monoisotopic (exact) mass is 290 g/mol. The summed E-state index contributed by atoms with van der Waals surface area (Å²) in [5.41, 5.74) is 0. The van der Waals surface area contributed by atoms with Crippen LogP contribution in [0.1, 0.15) is 37.6 Å². The van der Waals surface area contributed by atoms with Crippen LogP contribution < -0.4 is 10.0 Å². The summed E-state index contributed by atoms with van der Waals surface area (Å²) in [7, 11) is -3.18. The van der Waals surface area contributed by atoms with E-state index in [9.17, 15) is 8.42 Å². The van der Waals surface area contributed by atoms with Crippen molar-refractivity contribution in [2.24, 2.45) is 0 Å². The minimum atomic E-state index is -3.18. The largest absolute Gasteiger partial charge is 0.317 e. The van der Waals surface area contributed by atoms with Crippen molar-refractivity contribution < 1.29 is 8.42 Å². The van der Waals surface area contributed by atoms with E-state index in [4.69, 9.17) is 0 Å². The Labute approximate surface area is 114 Å². The van der Waals surface area contributed by atoms with E-state index >= 15 is 0 Å². The molecule has 1 aromatic rings. The highest BCUT2D eigenvalue weighted by Crippen LogP contribution is 2.18. The lowest BCUT2D eigenvalue weighted by molar-refractivity contribution is 0.562. The highest BCUT2D eigenvalue weighted by molar-refractivity contribution is 7.89. The maximum atomic E-state index is 11.8. The second kappa shape index (κ2) is 7.89. The van der Waals surface area contributed by atoms with Crippen molar-refractivity contribution in [2.45, 2.75) is 32.7 Å². The molecule has 1 atom stereocenters. The van der Waals surface area contributed by atoms with Crippen molar-refractivity contribution in [1.82, 2.24) is 10.0 Å². The maximum Gasteiger partial charge on any atom is 0.212 e. The predicted octanol–water partition coefficient (Wildman–Crippen LogP) is 2.12. The summed E-state index contributed by atoms with van der Waals surface area (Å²) in [6.07, 6.45) is 1.72. The van der Waals surface area contributed by atoms with Gasteiger partial charge < -0.3 is 5.32 Å². The third-order valence-corrected chi connectivity index (χ3v) is 5.11. The van der Waals surface area contributed by atoms with Crippen LogP contribution in [0.3, 0.4) is 0 Å². The summed E-state index contributed by atoms with van der Waals surface area (Å²) in [6.45, 7) is 5.66. The van der Waals surface area contributed by atoms with E-state index in [0.29, 0.717) is 6.42 Å². The van der Waals surface area contributed by atoms with Gasteiger partial charge in [0.15, 0.2) is 0 Å². The van der Waals surface area contributed by atoms with Crippen molar-refractivity contribution in [1.29, 1.82) is 0 Å². The lowest BCUT2D eigenvalue weighted by Gasteiger charge is -2.12. The molecule has 18 heavy (non-hydrogen) atoms. The van der Waals surface area contributed by atoms with E-state index in [1.54, 1.807) is 11.3 Å². The molecule has 0 spiro atoms. The van der Waals surface area contributed by atoms with E-state index < -0.39 is 10.0 Å². The number of nitrogens with one attached hydrogen (secondary N) is 2. The second-order valence-electron chi connectivity index (χ2n) is 4.28. The van der Waals surface area contributed by atoms with E-state index in [2.05, 4.69) is 17.0 Å². The maximum absolute atomic E-state index is 11.8. The average Bonchev–Trinajstić information content (AvgIpc) is 2.81. The molecule has 0 radical (unpaired) electrons. The Balaban J connectivity index is 2.31. The molecule has 0 aliphatic rings. The Morgan fingerprint density at radius 1 is 1.39 bits per heavy atom. The van der Waals surface area contributed by atoms with Gasteiger partial charge in [0, 0.05) is 4.88 Å². The Morgan fingerprint density at radius 2 is 2.17 bits per heavy atom. The molecule has 1 aromatic heterocycles. The summed E-state index contributed by atoms with van der Waals surface area (Å²) in [5.74, 6) is 0.180. The number of rotatable bonds is 9. The molecule has 104 valence electrons. The van der Waals surface area contributed by atoms with Gasteiger partial charge in [0.2, 0.25) is 10.0 Å². The van der Waals surface area contributed by atoms with E-state index in [-0.39, 0.29) is 11.8 Å². The number of hydrogen-bond acceptors (Lipinski definition) is 4. The molecule has 1 unspecified atom stereocenters. The first-order valence-electron chi connectivity index (χ1n) is 6.29. The van der Waals surface area contributed by atoms with Gasteiger partial charge in [0.1, 0.15) is 0 Å². The quantitative estimate of drug-likeness (QED) is 0.685. The van der Waals surface area contributed by atoms with Gasteiger partial charge in [-0.25, -0.2) is 13.1 Å². The van der Waals surface area contributed by atoms with E-state index in [1.807, 2.05) is 24.4 Å². The number of hydrogen-bond donors (Lipinski definition) is 2. The van der Waals surface area contributed by atoms with Gasteiger partial charge in [-0.15, -0.1) is 11.3 Å². The fourth-order valence-corrected chi connectivity index (χ4v) is 3.73. The Bertz CT molecular complexity index is 415. The highest BCUT2D eigenvalue weighted by Gasteiger charge is 2.15. The summed E-state index contributed by atoms with van der Waals surface area (Å²) in [4.78, 5) is 1.04. The molecule has 0 saturated carbocycles. The molecule has 4 nitrogen and oxygen atoms in total. The summed E-state index contributed by atoms with van der Waals surface area (Å²) >= 11 is 1.57. The number of sulfonamides is 1. The Hall–Kier alpha value is -0.430. The molecule has 1 rings (SSSR count). The standard InChI is InChI=1S/C12H22N2O2S2/c1-3-7-13-8-5-10-18(15,16)14-11(2)12-6-4-9-17-12/h4,6,9,11,13-14H,3,5,7-8,10H2,1-2H3. The molecular formula is C12H22N2O2S2. The van der Waals surface area contributed by atoms with Gasteiger partial charge in [0.05, 0.1) is 11.8 Å². The van der Waals surface area contributed by atoms with Gasteiger partial charge >= 0.3 is 0 Å². The first-order valence-corrected chi connectivity index (χ1v) is 8.82. The van der Waals surface area contributed by atoms with Crippen LogP contribution in [0.4, 0.5) is 0 Å². The molecule has 0 bridgehead atoms. The molecule has 0 saturated heterocycles. The molecular weight excluding hydrogens is 268 g/mol. The normalized spacial score (nSPS) is 13.7. The van der Waals surface area contributed by atoms with Gasteiger partial charge in [-0.3, -0.25) is 0 Å². The number of thiophene rings is 1. The van der Waals surface area contributed by atoms with Crippen LogP contribution in [-0.2, 0) is 10.0 Å². The van der Waals surface area contributed by atoms with Crippen molar-refractivity contribution >= 4 is 21.4 Å². The second-order valence-corrected chi connectivity index (χ2v) is 7.13. The average molecular weight is 290 g/mol. The van der Waals surface area contributed by atoms with Crippen LogP contribution in [-0.4, -0.2) is 27.3 Å². The molecule has 0 amide bonds. The molecule has 0 aromatic carbocycles. The third kappa shape index (κ3) is 5.95. The van der Waals surface area contributed by atoms with E-state index in [0.717, 1.165) is 24.4 Å². The van der Waals surface area contributed by atoms with Crippen LogP contribution in [0.5, 0.6) is 0 Å². The molecule has 0 aliphatic heterocycles. The zero-order chi connectivity index (χ0) is 13.4. The van der Waals surface area contributed by atoms with Crippen molar-refractivity contribution in [2.75, 3.05) is 18.8 Å². The lowest BCUT2D eigenvalue weighted by atomic mass is 10.3. The van der Waals surface area contributed by atoms with Crippen molar-refractivity contribution in [3.63, 3.8) is 0 Å². The molecule has 6 heteroatoms. The summed E-state index contributed by atoms with van der Waals surface area (Å²) in [5, 5.41) is 5.15. The van der Waals surface area contributed by atoms with Crippen LogP contribution in [0.15, 0.2) is 17.5 Å². The highest BCUT2D eigenvalue weighted by atomic mass is 32.2. The molecule has 1 heterocycles. The zero-order valence-electron chi connectivity index (χ0n) is 11.0. The summed E-state index contributed by atoms with van der Waals surface area (Å²) in [6, 6.07) is 3.73. The van der Waals surface area contributed by atoms with Crippen molar-refractivity contribution in [3.05, 3.63) is 22.4 Å².